The second kappa shape index (κ2) is 14.5. The average Bonchev–Trinajstić information content (AvgIpc) is 3.75. The summed E-state index contributed by atoms with van der Waals surface area (Å²) in [5, 5.41) is 14.3. The first kappa shape index (κ1) is 38.8. The zero-order valence-corrected chi connectivity index (χ0v) is 33.0. The van der Waals surface area contributed by atoms with Gasteiger partial charge in [-0.1, -0.05) is 72.8 Å². The lowest BCUT2D eigenvalue weighted by molar-refractivity contribution is -0.154. The van der Waals surface area contributed by atoms with E-state index in [1.807, 2.05) is 60.7 Å². The lowest BCUT2D eigenvalue weighted by atomic mass is 9.58. The van der Waals surface area contributed by atoms with Crippen LogP contribution in [-0.4, -0.2) is 50.1 Å². The van der Waals surface area contributed by atoms with E-state index in [4.69, 9.17) is 14.2 Å². The Hall–Kier alpha value is -6.69. The van der Waals surface area contributed by atoms with Gasteiger partial charge in [-0.05, 0) is 101 Å². The molecule has 11 heteroatoms. The van der Waals surface area contributed by atoms with Crippen molar-refractivity contribution in [3.8, 4) is 11.5 Å². The van der Waals surface area contributed by atoms with Gasteiger partial charge in [0.05, 0.1) is 33.2 Å². The van der Waals surface area contributed by atoms with Crippen molar-refractivity contribution in [2.24, 2.45) is 5.92 Å². The van der Waals surface area contributed by atoms with Crippen LogP contribution >= 0.6 is 0 Å². The Labute approximate surface area is 345 Å². The Morgan fingerprint density at radius 1 is 0.633 bits per heavy atom. The van der Waals surface area contributed by atoms with Crippen molar-refractivity contribution in [1.29, 1.82) is 0 Å². The number of hydrogen-bond donors (Lipinski definition) is 1. The Balaban J connectivity index is 1.43. The minimum Gasteiger partial charge on any atom is -0.497 e. The van der Waals surface area contributed by atoms with E-state index in [2.05, 4.69) is 0 Å². The van der Waals surface area contributed by atoms with Crippen molar-refractivity contribution in [1.82, 2.24) is 0 Å². The van der Waals surface area contributed by atoms with Crippen LogP contribution in [0.3, 0.4) is 0 Å². The van der Waals surface area contributed by atoms with Crippen molar-refractivity contribution < 1.29 is 42.5 Å². The molecule has 1 fully saturated rings. The van der Waals surface area contributed by atoms with Crippen molar-refractivity contribution in [2.75, 3.05) is 31.1 Å². The molecule has 5 atom stereocenters. The van der Waals surface area contributed by atoms with Gasteiger partial charge in [-0.2, -0.15) is 0 Å². The molecule has 2 heterocycles. The monoisotopic (exact) mass is 806 g/mol. The summed E-state index contributed by atoms with van der Waals surface area (Å²) in [7, 11) is 4.24. The second-order valence-corrected chi connectivity index (χ2v) is 15.4. The predicted molar refractivity (Wildman–Crippen MR) is 220 cm³/mol. The number of ketones is 1. The zero-order chi connectivity index (χ0) is 42.0. The van der Waals surface area contributed by atoms with Gasteiger partial charge >= 0.3 is 0 Å². The molecule has 9 rings (SSSR count). The molecule has 9 nitrogen and oxygen atoms in total. The van der Waals surface area contributed by atoms with E-state index in [0.717, 1.165) is 11.6 Å². The molecule has 302 valence electrons. The van der Waals surface area contributed by atoms with Crippen LogP contribution in [-0.2, 0) is 43.8 Å². The molecule has 0 saturated heterocycles. The topological polar surface area (TPSA) is 106 Å². The summed E-state index contributed by atoms with van der Waals surface area (Å²) in [6.45, 7) is -0.0423. The first-order valence-electron chi connectivity index (χ1n) is 19.5. The minimum absolute atomic E-state index is 0.00675. The maximum atomic E-state index is 16.3. The van der Waals surface area contributed by atoms with Gasteiger partial charge in [0.15, 0.2) is 5.78 Å². The Morgan fingerprint density at radius 2 is 1.12 bits per heavy atom. The fraction of sp³-hybridized carbons (Fsp3) is 0.204. The van der Waals surface area contributed by atoms with Crippen LogP contribution in [0.15, 0.2) is 146 Å². The molecule has 1 saturated carbocycles. The highest BCUT2D eigenvalue weighted by Gasteiger charge is 2.86. The highest BCUT2D eigenvalue weighted by molar-refractivity contribution is 6.21. The molecule has 60 heavy (non-hydrogen) atoms. The smallest absolute Gasteiger partial charge is 0.242 e. The van der Waals surface area contributed by atoms with Crippen LogP contribution in [0, 0.1) is 17.6 Å². The van der Waals surface area contributed by atoms with Crippen molar-refractivity contribution in [3.05, 3.63) is 191 Å². The first-order valence-corrected chi connectivity index (χ1v) is 19.5. The van der Waals surface area contributed by atoms with Gasteiger partial charge in [-0.25, -0.2) is 8.78 Å². The molecule has 0 bridgehead atoms. The standard InChI is InChI=1S/C49H40F2N2O7/c1-58-36-20-14-32(15-21-36)42(54)43-47(38-26-34(50)18-24-40(38)52(45(47)55)28-30-10-6-4-7-11-30)44(60-3)49(57,33-16-22-37(59-2)23-17-33)48(43)39-27-35(51)19-25-41(39)53(46(48)56)29-31-12-8-5-9-13-31/h4-27,43-44,57H,28-29H2,1-3H3/t43-,44-,47-,48+,49-/m0/s1. The number of aliphatic hydroxyl groups is 1. The summed E-state index contributed by atoms with van der Waals surface area (Å²) in [5.74, 6) is -4.72. The number of fused-ring (bicyclic) bond motifs is 4. The van der Waals surface area contributed by atoms with Gasteiger partial charge in [0.2, 0.25) is 11.8 Å². The highest BCUT2D eigenvalue weighted by atomic mass is 19.1. The number of carbonyl (C=O) groups is 3. The minimum atomic E-state index is -2.63. The number of amides is 2. The number of hydrogen-bond acceptors (Lipinski definition) is 7. The average molecular weight is 807 g/mol. The molecule has 6 aromatic rings. The number of carbonyl (C=O) groups excluding carboxylic acids is 3. The highest BCUT2D eigenvalue weighted by Crippen LogP contribution is 2.72. The van der Waals surface area contributed by atoms with Crippen molar-refractivity contribution in [2.45, 2.75) is 35.6 Å². The van der Waals surface area contributed by atoms with Crippen molar-refractivity contribution >= 4 is 29.0 Å². The molecule has 1 N–H and O–H groups in total. The van der Waals surface area contributed by atoms with E-state index in [1.165, 1.54) is 73.6 Å². The van der Waals surface area contributed by atoms with E-state index in [-0.39, 0.29) is 46.7 Å². The summed E-state index contributed by atoms with van der Waals surface area (Å²) >= 11 is 0. The van der Waals surface area contributed by atoms with Gasteiger partial charge in [0.25, 0.3) is 0 Å². The van der Waals surface area contributed by atoms with Crippen LogP contribution in [0.5, 0.6) is 11.5 Å². The van der Waals surface area contributed by atoms with E-state index >= 15 is 23.2 Å². The van der Waals surface area contributed by atoms with Gasteiger partial charge in [-0.3, -0.25) is 14.4 Å². The zero-order valence-electron chi connectivity index (χ0n) is 33.0. The van der Waals surface area contributed by atoms with Gasteiger partial charge in [-0.15, -0.1) is 0 Å². The maximum Gasteiger partial charge on any atom is 0.242 e. The molecule has 0 unspecified atom stereocenters. The normalized spacial score (nSPS) is 24.0. The number of Topliss-reactive ketones (excluding diaryl/α,β-unsaturated/α-hetero) is 1. The molecule has 3 aliphatic rings. The quantitative estimate of drug-likeness (QED) is 0.142. The van der Waals surface area contributed by atoms with E-state index in [1.54, 1.807) is 36.4 Å². The molecule has 6 aromatic carbocycles. The molecule has 0 radical (unpaired) electrons. The number of nitrogens with zero attached hydrogens (tertiary/aromatic N) is 2. The summed E-state index contributed by atoms with van der Waals surface area (Å²) < 4.78 is 49.5. The number of ether oxygens (including phenoxy) is 3. The molecule has 2 aliphatic heterocycles. The molecule has 0 aromatic heterocycles. The number of benzene rings is 6. The van der Waals surface area contributed by atoms with Crippen LogP contribution in [0.4, 0.5) is 20.2 Å². The maximum absolute atomic E-state index is 16.3. The molecule has 2 spiro atoms. The first-order chi connectivity index (χ1) is 29.0. The number of anilines is 2. The lowest BCUT2D eigenvalue weighted by Crippen LogP contribution is -2.59. The van der Waals surface area contributed by atoms with Gasteiger partial charge < -0.3 is 29.1 Å². The van der Waals surface area contributed by atoms with Gasteiger partial charge in [0, 0.05) is 24.0 Å². The third-order valence-corrected chi connectivity index (χ3v) is 12.6. The molecule has 1 aliphatic carbocycles. The van der Waals surface area contributed by atoms with Crippen LogP contribution in [0.2, 0.25) is 0 Å². The fourth-order valence-electron chi connectivity index (χ4n) is 10.2. The summed E-state index contributed by atoms with van der Waals surface area (Å²) in [4.78, 5) is 51.4. The fourth-order valence-corrected chi connectivity index (χ4v) is 10.2. The second-order valence-electron chi connectivity index (χ2n) is 15.4. The van der Waals surface area contributed by atoms with Crippen LogP contribution < -0.4 is 19.3 Å². The Bertz CT molecular complexity index is 2640. The molecular weight excluding hydrogens is 767 g/mol. The SMILES string of the molecule is COc1ccc(C(=O)[C@H]2[C@]3(C(=O)N(Cc4ccccc4)c4ccc(F)cc43)[C@H](OC)[C@@](O)(c3ccc(OC)cc3)[C@@]23C(=O)N(Cc2ccccc2)c2ccc(F)cc23)cc1. The van der Waals surface area contributed by atoms with Crippen LogP contribution in [0.1, 0.15) is 38.2 Å². The Kier molecular flexibility index (Phi) is 9.41. The lowest BCUT2D eigenvalue weighted by Gasteiger charge is -2.43. The predicted octanol–water partition coefficient (Wildman–Crippen LogP) is 7.67. The number of rotatable bonds is 10. The number of methoxy groups -OCH3 is 3. The van der Waals surface area contributed by atoms with Crippen LogP contribution in [0.25, 0.3) is 0 Å². The van der Waals surface area contributed by atoms with Crippen molar-refractivity contribution in [3.63, 3.8) is 0 Å². The Morgan fingerprint density at radius 3 is 1.63 bits per heavy atom. The molecular formula is C49H40F2N2O7. The third-order valence-electron chi connectivity index (χ3n) is 12.6. The molecule has 2 amide bonds. The van der Waals surface area contributed by atoms with E-state index < -0.39 is 57.7 Å². The van der Waals surface area contributed by atoms with Gasteiger partial charge in [0.1, 0.15) is 45.7 Å². The summed E-state index contributed by atoms with van der Waals surface area (Å²) in [6.07, 6.45) is -1.77. The number of halogens is 2. The third kappa shape index (κ3) is 5.32. The summed E-state index contributed by atoms with van der Waals surface area (Å²) in [5.41, 5.74) is -5.36. The van der Waals surface area contributed by atoms with E-state index in [0.29, 0.717) is 17.1 Å². The largest absolute Gasteiger partial charge is 0.497 e. The van der Waals surface area contributed by atoms with E-state index in [9.17, 15) is 5.11 Å². The summed E-state index contributed by atoms with van der Waals surface area (Å²) in [6, 6.07) is 38.3.